The normalized spacial score (nSPS) is 11.4. The Morgan fingerprint density at radius 1 is 0.317 bits per heavy atom. The van der Waals surface area contributed by atoms with E-state index in [9.17, 15) is 20.4 Å². The van der Waals surface area contributed by atoms with Crippen molar-refractivity contribution >= 4 is 0 Å². The summed E-state index contributed by atoms with van der Waals surface area (Å²) >= 11 is 0. The maximum Gasteiger partial charge on any atom is 0.119 e. The lowest BCUT2D eigenvalue weighted by molar-refractivity contribution is 0.447. The van der Waals surface area contributed by atoms with Gasteiger partial charge in [-0.25, -0.2) is 0 Å². The van der Waals surface area contributed by atoms with Gasteiger partial charge in [0, 0.05) is 34.1 Å². The molecular weight excluding hydrogens is 508 g/mol. The lowest BCUT2D eigenvalue weighted by atomic mass is 9.85. The summed E-state index contributed by atoms with van der Waals surface area (Å²) in [6.07, 6.45) is 12.2. The first-order valence-electron chi connectivity index (χ1n) is 15.2. The summed E-state index contributed by atoms with van der Waals surface area (Å²) in [6.45, 7) is 0. The van der Waals surface area contributed by atoms with Crippen molar-refractivity contribution in [2.45, 2.75) is 82.5 Å². The van der Waals surface area contributed by atoms with Crippen molar-refractivity contribution in [1.82, 2.24) is 0 Å². The van der Waals surface area contributed by atoms with Crippen LogP contribution in [0.2, 0.25) is 0 Å². The van der Waals surface area contributed by atoms with E-state index in [1.165, 1.54) is 32.1 Å². The first kappa shape index (κ1) is 30.0. The zero-order valence-electron chi connectivity index (χ0n) is 24.0. The molecule has 4 rings (SSSR count). The third-order valence-corrected chi connectivity index (χ3v) is 8.23. The van der Waals surface area contributed by atoms with Crippen molar-refractivity contribution in [1.29, 1.82) is 0 Å². The van der Waals surface area contributed by atoms with E-state index >= 15 is 0 Å². The predicted molar refractivity (Wildman–Crippen MR) is 167 cm³/mol. The van der Waals surface area contributed by atoms with Gasteiger partial charge in [-0.15, -0.1) is 0 Å². The van der Waals surface area contributed by atoms with Gasteiger partial charge in [-0.2, -0.15) is 0 Å². The fourth-order valence-corrected chi connectivity index (χ4v) is 6.02. The number of benzene rings is 4. The third-order valence-electron chi connectivity index (χ3n) is 8.23. The molecule has 4 nitrogen and oxygen atoms in total. The van der Waals surface area contributed by atoms with Gasteiger partial charge in [0.05, 0.1) is 0 Å². The summed E-state index contributed by atoms with van der Waals surface area (Å²) in [5.41, 5.74) is 3.50. The number of para-hydroxylation sites is 4. The van der Waals surface area contributed by atoms with Gasteiger partial charge >= 0.3 is 0 Å². The fourth-order valence-electron chi connectivity index (χ4n) is 6.02. The summed E-state index contributed by atoms with van der Waals surface area (Å²) < 4.78 is 0. The maximum atomic E-state index is 10.5. The highest BCUT2D eigenvalue weighted by Crippen LogP contribution is 2.40. The molecule has 0 atom stereocenters. The van der Waals surface area contributed by atoms with Gasteiger partial charge in [0.2, 0.25) is 0 Å². The van der Waals surface area contributed by atoms with Gasteiger partial charge in [0.25, 0.3) is 0 Å². The molecule has 0 aliphatic heterocycles. The summed E-state index contributed by atoms with van der Waals surface area (Å²) in [5, 5.41) is 41.8. The molecule has 4 heteroatoms. The lowest BCUT2D eigenvalue weighted by Crippen LogP contribution is -2.02. The molecule has 4 aromatic rings. The van der Waals surface area contributed by atoms with Gasteiger partial charge in [0.1, 0.15) is 23.0 Å². The number of rotatable bonds is 16. The number of hydrogen-bond acceptors (Lipinski definition) is 4. The molecule has 0 unspecified atom stereocenters. The number of hydrogen-bond donors (Lipinski definition) is 4. The highest BCUT2D eigenvalue weighted by Gasteiger charge is 2.21. The zero-order chi connectivity index (χ0) is 28.9. The molecule has 0 aliphatic rings. The first-order chi connectivity index (χ1) is 20.1. The van der Waals surface area contributed by atoms with E-state index < -0.39 is 0 Å². The summed E-state index contributed by atoms with van der Waals surface area (Å²) in [7, 11) is 0. The fraction of sp³-hybridized carbons (Fsp3) is 0.351. The van der Waals surface area contributed by atoms with E-state index in [1.54, 1.807) is 24.3 Å². The Hall–Kier alpha value is -3.92. The Labute approximate surface area is 245 Å². The smallest absolute Gasteiger partial charge is 0.119 e. The second-order valence-corrected chi connectivity index (χ2v) is 11.1. The predicted octanol–water partition coefficient (Wildman–Crippen LogP) is 9.76. The molecule has 0 aromatic heterocycles. The van der Waals surface area contributed by atoms with E-state index in [1.807, 2.05) is 72.8 Å². The van der Waals surface area contributed by atoms with Crippen LogP contribution in [0.1, 0.15) is 105 Å². The molecule has 0 heterocycles. The van der Waals surface area contributed by atoms with Gasteiger partial charge in [-0.1, -0.05) is 131 Å². The summed E-state index contributed by atoms with van der Waals surface area (Å²) in [5.74, 6) is 1.11. The number of unbranched alkanes of at least 4 members (excludes halogenated alkanes) is 8. The van der Waals surface area contributed by atoms with Crippen LogP contribution in [0.25, 0.3) is 0 Å². The largest absolute Gasteiger partial charge is 0.508 e. The standard InChI is InChI=1S/C37H44O4/c38-34-24-14-10-20-30(34)28(31-21-11-15-25-35(31)39)18-8-6-4-2-1-3-5-7-9-19-29(32-22-12-16-26-36(32)40)33-23-13-17-27-37(33)41/h10-17,20-29,38-41H,1-9,18-19H2. The average Bonchev–Trinajstić information content (AvgIpc) is 2.98. The Morgan fingerprint density at radius 2 is 0.537 bits per heavy atom. The van der Waals surface area contributed by atoms with Crippen molar-refractivity contribution in [2.24, 2.45) is 0 Å². The van der Waals surface area contributed by atoms with Crippen LogP contribution < -0.4 is 0 Å². The Balaban J connectivity index is 1.16. The molecule has 0 radical (unpaired) electrons. The van der Waals surface area contributed by atoms with E-state index in [0.29, 0.717) is 0 Å². The van der Waals surface area contributed by atoms with E-state index in [0.717, 1.165) is 60.8 Å². The number of phenols is 4. The van der Waals surface area contributed by atoms with Crippen LogP contribution in [0.4, 0.5) is 0 Å². The van der Waals surface area contributed by atoms with Crippen molar-refractivity contribution < 1.29 is 20.4 Å². The van der Waals surface area contributed by atoms with Crippen LogP contribution in [-0.4, -0.2) is 20.4 Å². The van der Waals surface area contributed by atoms with Gasteiger partial charge in [-0.3, -0.25) is 0 Å². The minimum atomic E-state index is -0.0168. The molecule has 216 valence electrons. The molecule has 0 aliphatic carbocycles. The van der Waals surface area contributed by atoms with E-state index in [2.05, 4.69) is 0 Å². The quantitative estimate of drug-likeness (QED) is 0.104. The Kier molecular flexibility index (Phi) is 11.5. The molecule has 4 N–H and O–H groups in total. The molecule has 0 amide bonds. The van der Waals surface area contributed by atoms with Gasteiger partial charge in [-0.05, 0) is 37.1 Å². The molecule has 41 heavy (non-hydrogen) atoms. The Bertz CT molecular complexity index is 1150. The topological polar surface area (TPSA) is 80.9 Å². The molecule has 0 saturated heterocycles. The highest BCUT2D eigenvalue weighted by atomic mass is 16.3. The molecule has 0 saturated carbocycles. The lowest BCUT2D eigenvalue weighted by Gasteiger charge is -2.20. The maximum absolute atomic E-state index is 10.5. The average molecular weight is 553 g/mol. The van der Waals surface area contributed by atoms with Crippen molar-refractivity contribution in [2.75, 3.05) is 0 Å². The summed E-state index contributed by atoms with van der Waals surface area (Å²) in [4.78, 5) is 0. The van der Waals surface area contributed by atoms with Crippen LogP contribution in [0.3, 0.4) is 0 Å². The highest BCUT2D eigenvalue weighted by molar-refractivity contribution is 5.47. The van der Waals surface area contributed by atoms with Crippen molar-refractivity contribution in [3.05, 3.63) is 119 Å². The van der Waals surface area contributed by atoms with Crippen LogP contribution in [0.5, 0.6) is 23.0 Å². The zero-order valence-corrected chi connectivity index (χ0v) is 24.0. The minimum Gasteiger partial charge on any atom is -0.508 e. The Morgan fingerprint density at radius 3 is 0.780 bits per heavy atom. The van der Waals surface area contributed by atoms with Crippen molar-refractivity contribution in [3.8, 4) is 23.0 Å². The third kappa shape index (κ3) is 8.53. The van der Waals surface area contributed by atoms with Crippen LogP contribution in [0.15, 0.2) is 97.1 Å². The molecule has 0 fully saturated rings. The monoisotopic (exact) mass is 552 g/mol. The van der Waals surface area contributed by atoms with Gasteiger partial charge in [0.15, 0.2) is 0 Å². The first-order valence-corrected chi connectivity index (χ1v) is 15.2. The SMILES string of the molecule is Oc1ccccc1C(CCCCCCCCCCCC(c1ccccc1O)c1ccccc1O)c1ccccc1O. The molecule has 0 bridgehead atoms. The second-order valence-electron chi connectivity index (χ2n) is 11.1. The molecule has 0 spiro atoms. The van der Waals surface area contributed by atoms with Crippen LogP contribution in [-0.2, 0) is 0 Å². The molecular formula is C37H44O4. The van der Waals surface area contributed by atoms with Crippen LogP contribution in [0, 0.1) is 0 Å². The van der Waals surface area contributed by atoms with Crippen LogP contribution >= 0.6 is 0 Å². The van der Waals surface area contributed by atoms with E-state index in [-0.39, 0.29) is 34.8 Å². The minimum absolute atomic E-state index is 0.0168. The van der Waals surface area contributed by atoms with Gasteiger partial charge < -0.3 is 20.4 Å². The second kappa shape index (κ2) is 15.8. The number of aromatic hydroxyl groups is 4. The summed E-state index contributed by atoms with van der Waals surface area (Å²) in [6, 6.07) is 29.8. The van der Waals surface area contributed by atoms with Crippen molar-refractivity contribution in [3.63, 3.8) is 0 Å². The molecule has 4 aromatic carbocycles. The van der Waals surface area contributed by atoms with E-state index in [4.69, 9.17) is 0 Å². The number of phenolic OH excluding ortho intramolecular Hbond substituents is 4.